The second-order valence-corrected chi connectivity index (χ2v) is 4.70. The largest absolute Gasteiger partial charge is 0.414 e. The van der Waals surface area contributed by atoms with Gasteiger partial charge in [-0.15, -0.1) is 11.3 Å². The van der Waals surface area contributed by atoms with Gasteiger partial charge in [-0.05, 0) is 0 Å². The fraction of sp³-hybridized carbons (Fsp3) is 0.250. The Kier molecular flexibility index (Phi) is 3.68. The topological polar surface area (TPSA) is 33.1 Å². The van der Waals surface area contributed by atoms with Crippen LogP contribution in [0.1, 0.15) is 5.01 Å². The Morgan fingerprint density at radius 1 is 1.22 bits per heavy atom. The molecule has 0 bridgehead atoms. The normalized spacial score (nSPS) is 13.6. The van der Waals surface area contributed by atoms with Crippen LogP contribution in [0.25, 0.3) is 11.3 Å². The van der Waals surface area contributed by atoms with E-state index in [-0.39, 0.29) is 5.01 Å². The van der Waals surface area contributed by atoms with Gasteiger partial charge < -0.3 is 5.11 Å². The summed E-state index contributed by atoms with van der Waals surface area (Å²) in [5.41, 5.74) is 1.48. The maximum atomic E-state index is 12.2. The monoisotopic (exact) mass is 273 g/mol. The second-order valence-electron chi connectivity index (χ2n) is 3.75. The minimum Gasteiger partial charge on any atom is -0.383 e. The highest BCUT2D eigenvalue weighted by molar-refractivity contribution is 7.09. The molecule has 0 aliphatic rings. The Bertz CT molecular complexity index is 510. The van der Waals surface area contributed by atoms with E-state index >= 15 is 0 Å². The molecule has 1 aromatic carbocycles. The summed E-state index contributed by atoms with van der Waals surface area (Å²) >= 11 is 1.12. The lowest BCUT2D eigenvalue weighted by atomic mass is 10.2. The summed E-state index contributed by atoms with van der Waals surface area (Å²) in [5.74, 6) is 0. The number of hydrogen-bond acceptors (Lipinski definition) is 3. The van der Waals surface area contributed by atoms with E-state index in [0.717, 1.165) is 16.9 Å². The van der Waals surface area contributed by atoms with Gasteiger partial charge in [0, 0.05) is 17.4 Å². The first kappa shape index (κ1) is 13.0. The SMILES string of the molecule is OC(Cc1nc(-c2ccccc2)cs1)C(F)(F)F. The maximum Gasteiger partial charge on any atom is 0.414 e. The quantitative estimate of drug-likeness (QED) is 0.931. The number of rotatable bonds is 3. The molecule has 0 amide bonds. The molecule has 0 aliphatic carbocycles. The van der Waals surface area contributed by atoms with Crippen LogP contribution in [0.15, 0.2) is 35.7 Å². The summed E-state index contributed by atoms with van der Waals surface area (Å²) in [6.07, 6.45) is -7.45. The molecule has 0 saturated heterocycles. The molecule has 2 rings (SSSR count). The van der Waals surface area contributed by atoms with Crippen LogP contribution >= 0.6 is 11.3 Å². The van der Waals surface area contributed by atoms with Crippen molar-refractivity contribution >= 4 is 11.3 Å². The summed E-state index contributed by atoms with van der Waals surface area (Å²) in [7, 11) is 0. The van der Waals surface area contributed by atoms with E-state index < -0.39 is 18.7 Å². The number of hydrogen-bond donors (Lipinski definition) is 1. The van der Waals surface area contributed by atoms with Crippen LogP contribution in [0.2, 0.25) is 0 Å². The molecule has 2 aromatic rings. The number of alkyl halides is 3. The van der Waals surface area contributed by atoms with E-state index in [1.807, 2.05) is 30.3 Å². The van der Waals surface area contributed by atoms with Crippen molar-refractivity contribution in [2.75, 3.05) is 0 Å². The number of thiazole rings is 1. The molecule has 0 saturated carbocycles. The van der Waals surface area contributed by atoms with Crippen LogP contribution in [-0.4, -0.2) is 22.4 Å². The van der Waals surface area contributed by atoms with E-state index in [4.69, 9.17) is 5.11 Å². The van der Waals surface area contributed by atoms with Gasteiger partial charge in [-0.2, -0.15) is 13.2 Å². The maximum absolute atomic E-state index is 12.2. The predicted molar refractivity (Wildman–Crippen MR) is 63.3 cm³/mol. The minimum absolute atomic E-state index is 0.277. The van der Waals surface area contributed by atoms with Crippen molar-refractivity contribution in [2.24, 2.45) is 0 Å². The van der Waals surface area contributed by atoms with Gasteiger partial charge in [0.05, 0.1) is 10.7 Å². The molecular weight excluding hydrogens is 263 g/mol. The Balaban J connectivity index is 2.12. The van der Waals surface area contributed by atoms with Crippen LogP contribution in [-0.2, 0) is 6.42 Å². The van der Waals surface area contributed by atoms with E-state index in [0.29, 0.717) is 5.69 Å². The van der Waals surface area contributed by atoms with Gasteiger partial charge in [0.15, 0.2) is 6.10 Å². The Morgan fingerprint density at radius 3 is 2.50 bits per heavy atom. The third-order valence-electron chi connectivity index (χ3n) is 2.37. The van der Waals surface area contributed by atoms with Gasteiger partial charge in [0.25, 0.3) is 0 Å². The van der Waals surface area contributed by atoms with Crippen molar-refractivity contribution in [2.45, 2.75) is 18.7 Å². The third-order valence-corrected chi connectivity index (χ3v) is 3.24. The first-order valence-corrected chi connectivity index (χ1v) is 6.09. The van der Waals surface area contributed by atoms with Gasteiger partial charge in [-0.1, -0.05) is 30.3 Å². The van der Waals surface area contributed by atoms with E-state index in [1.165, 1.54) is 0 Å². The van der Waals surface area contributed by atoms with Crippen LogP contribution in [0.5, 0.6) is 0 Å². The average molecular weight is 273 g/mol. The number of aliphatic hydroxyl groups is 1. The van der Waals surface area contributed by atoms with Gasteiger partial charge in [-0.3, -0.25) is 0 Å². The van der Waals surface area contributed by atoms with Crippen LogP contribution in [0.4, 0.5) is 13.2 Å². The van der Waals surface area contributed by atoms with Gasteiger partial charge in [-0.25, -0.2) is 4.98 Å². The highest BCUT2D eigenvalue weighted by Crippen LogP contribution is 2.26. The first-order valence-electron chi connectivity index (χ1n) is 5.21. The summed E-state index contributed by atoms with van der Waals surface area (Å²) in [6.45, 7) is 0. The molecule has 1 unspecified atom stereocenters. The van der Waals surface area contributed by atoms with E-state index in [2.05, 4.69) is 4.98 Å². The molecule has 0 radical (unpaired) electrons. The number of halogens is 3. The van der Waals surface area contributed by atoms with Crippen molar-refractivity contribution in [3.8, 4) is 11.3 Å². The number of aromatic nitrogens is 1. The minimum atomic E-state index is -4.60. The van der Waals surface area contributed by atoms with Crippen molar-refractivity contribution in [3.05, 3.63) is 40.7 Å². The molecular formula is C12H10F3NOS. The first-order chi connectivity index (χ1) is 8.47. The summed E-state index contributed by atoms with van der Waals surface area (Å²) in [5, 5.41) is 10.9. The summed E-state index contributed by atoms with van der Waals surface area (Å²) < 4.78 is 36.6. The van der Waals surface area contributed by atoms with E-state index in [1.54, 1.807) is 5.38 Å². The standard InChI is InChI=1S/C12H10F3NOS/c13-12(14,15)10(17)6-11-16-9(7-18-11)8-4-2-1-3-5-8/h1-5,7,10,17H,6H2. The molecule has 96 valence electrons. The zero-order valence-corrected chi connectivity index (χ0v) is 10.0. The zero-order chi connectivity index (χ0) is 13.2. The van der Waals surface area contributed by atoms with Crippen molar-refractivity contribution in [3.63, 3.8) is 0 Å². The van der Waals surface area contributed by atoms with E-state index in [9.17, 15) is 13.2 Å². The number of aliphatic hydroxyl groups excluding tert-OH is 1. The Morgan fingerprint density at radius 2 is 1.89 bits per heavy atom. The number of benzene rings is 1. The third kappa shape index (κ3) is 3.08. The molecule has 1 N–H and O–H groups in total. The molecule has 2 nitrogen and oxygen atoms in total. The lowest BCUT2D eigenvalue weighted by molar-refractivity contribution is -0.203. The predicted octanol–water partition coefficient (Wildman–Crippen LogP) is 3.28. The lowest BCUT2D eigenvalue weighted by Crippen LogP contribution is -2.30. The molecule has 18 heavy (non-hydrogen) atoms. The molecule has 0 spiro atoms. The van der Waals surface area contributed by atoms with Crippen LogP contribution in [0.3, 0.4) is 0 Å². The summed E-state index contributed by atoms with van der Waals surface area (Å²) in [6, 6.07) is 9.18. The van der Waals surface area contributed by atoms with Crippen LogP contribution in [0, 0.1) is 0 Å². The average Bonchev–Trinajstić information content (AvgIpc) is 2.77. The van der Waals surface area contributed by atoms with Crippen LogP contribution < -0.4 is 0 Å². The van der Waals surface area contributed by atoms with Gasteiger partial charge >= 0.3 is 6.18 Å². The second kappa shape index (κ2) is 5.07. The van der Waals surface area contributed by atoms with Gasteiger partial charge in [0.2, 0.25) is 0 Å². The smallest absolute Gasteiger partial charge is 0.383 e. The van der Waals surface area contributed by atoms with Crippen molar-refractivity contribution < 1.29 is 18.3 Å². The molecule has 1 aromatic heterocycles. The van der Waals surface area contributed by atoms with Crippen molar-refractivity contribution in [1.82, 2.24) is 4.98 Å². The Labute approximate surface area is 106 Å². The fourth-order valence-corrected chi connectivity index (χ4v) is 2.27. The molecule has 6 heteroatoms. The van der Waals surface area contributed by atoms with Crippen molar-refractivity contribution in [1.29, 1.82) is 0 Å². The van der Waals surface area contributed by atoms with Gasteiger partial charge in [0.1, 0.15) is 0 Å². The lowest BCUT2D eigenvalue weighted by Gasteiger charge is -2.12. The zero-order valence-electron chi connectivity index (χ0n) is 9.19. The fourth-order valence-electron chi connectivity index (χ4n) is 1.43. The number of nitrogens with zero attached hydrogens (tertiary/aromatic N) is 1. The summed E-state index contributed by atoms with van der Waals surface area (Å²) in [4.78, 5) is 4.09. The molecule has 0 fully saturated rings. The molecule has 0 aliphatic heterocycles. The molecule has 1 heterocycles. The molecule has 1 atom stereocenters. The highest BCUT2D eigenvalue weighted by Gasteiger charge is 2.38. The highest BCUT2D eigenvalue weighted by atomic mass is 32.1. The Hall–Kier alpha value is -1.40.